The molecule has 1 fully saturated rings. The second kappa shape index (κ2) is 9.70. The second-order valence-corrected chi connectivity index (χ2v) is 6.97. The Morgan fingerprint density at radius 3 is 1.66 bits per heavy atom. The van der Waals surface area contributed by atoms with Gasteiger partial charge in [-0.3, -0.25) is 19.4 Å². The lowest BCUT2D eigenvalue weighted by atomic mass is 10.2. The maximum absolute atomic E-state index is 11.6. The summed E-state index contributed by atoms with van der Waals surface area (Å²) >= 11 is 0. The predicted molar refractivity (Wildman–Crippen MR) is 102 cm³/mol. The molecule has 0 radical (unpaired) electrons. The lowest BCUT2D eigenvalue weighted by Gasteiger charge is -2.30. The molecule has 3 heterocycles. The third-order valence-electron chi connectivity index (χ3n) is 4.89. The summed E-state index contributed by atoms with van der Waals surface area (Å²) in [6.45, 7) is 3.55. The lowest BCUT2D eigenvalue weighted by Crippen LogP contribution is -2.41. The van der Waals surface area contributed by atoms with Crippen LogP contribution in [0.5, 0.6) is 11.5 Å². The fraction of sp³-hybridized carbons (Fsp3) is 0.474. The van der Waals surface area contributed by atoms with Gasteiger partial charge in [0.05, 0.1) is 25.6 Å². The fourth-order valence-corrected chi connectivity index (χ4v) is 3.21. The van der Waals surface area contributed by atoms with Crippen LogP contribution in [-0.2, 0) is 13.1 Å². The molecule has 3 rings (SSSR count). The van der Waals surface area contributed by atoms with E-state index in [4.69, 9.17) is 8.83 Å². The van der Waals surface area contributed by atoms with E-state index >= 15 is 0 Å². The van der Waals surface area contributed by atoms with E-state index in [1.54, 1.807) is 0 Å². The molecule has 1 saturated heterocycles. The van der Waals surface area contributed by atoms with Crippen molar-refractivity contribution in [2.24, 2.45) is 0 Å². The minimum atomic E-state index is -0.494. The zero-order chi connectivity index (χ0) is 20.8. The van der Waals surface area contributed by atoms with Gasteiger partial charge in [0, 0.05) is 38.3 Å². The van der Waals surface area contributed by atoms with Gasteiger partial charge < -0.3 is 24.3 Å². The van der Waals surface area contributed by atoms with Gasteiger partial charge in [-0.2, -0.15) is 5.06 Å². The molecule has 2 aromatic rings. The van der Waals surface area contributed by atoms with Gasteiger partial charge in [-0.25, -0.2) is 0 Å². The lowest BCUT2D eigenvalue weighted by molar-refractivity contribution is -0.102. The molecule has 0 saturated carbocycles. The normalized spacial score (nSPS) is 18.0. The Labute approximate surface area is 166 Å². The first-order valence-corrected chi connectivity index (χ1v) is 9.42. The van der Waals surface area contributed by atoms with Gasteiger partial charge in [0.2, 0.25) is 22.4 Å². The molecule has 1 aliphatic heterocycles. The predicted octanol–water partition coefficient (Wildman–Crippen LogP) is 0.403. The third-order valence-corrected chi connectivity index (χ3v) is 4.89. The quantitative estimate of drug-likeness (QED) is 0.655. The molecule has 2 aromatic heterocycles. The minimum absolute atomic E-state index is 0.187. The number of nitrogens with zero attached hydrogens (tertiary/aromatic N) is 3. The van der Waals surface area contributed by atoms with Gasteiger partial charge >= 0.3 is 0 Å². The molecule has 158 valence electrons. The molecule has 0 unspecified atom stereocenters. The van der Waals surface area contributed by atoms with Crippen LogP contribution in [0, 0.1) is 0 Å². The van der Waals surface area contributed by atoms with Crippen LogP contribution >= 0.6 is 0 Å². The molecular weight excluding hydrogens is 382 g/mol. The van der Waals surface area contributed by atoms with E-state index in [-0.39, 0.29) is 24.6 Å². The third kappa shape index (κ3) is 5.67. The molecule has 29 heavy (non-hydrogen) atoms. The van der Waals surface area contributed by atoms with Gasteiger partial charge in [-0.05, 0) is 19.5 Å². The molecule has 10 nitrogen and oxygen atoms in total. The Kier molecular flexibility index (Phi) is 7.04. The van der Waals surface area contributed by atoms with Crippen molar-refractivity contribution < 1.29 is 24.3 Å². The maximum Gasteiger partial charge on any atom is 0.226 e. The monoisotopic (exact) mass is 407 g/mol. The molecule has 0 amide bonds. The molecular formula is C19H25N3O7. The summed E-state index contributed by atoms with van der Waals surface area (Å²) in [6.07, 6.45) is 3.25. The van der Waals surface area contributed by atoms with Crippen molar-refractivity contribution in [3.8, 4) is 11.5 Å². The minimum Gasteiger partial charge on any atom is -0.502 e. The van der Waals surface area contributed by atoms with Gasteiger partial charge in [0.15, 0.2) is 11.5 Å². The van der Waals surface area contributed by atoms with Gasteiger partial charge in [-0.1, -0.05) is 0 Å². The first-order chi connectivity index (χ1) is 13.9. The van der Waals surface area contributed by atoms with E-state index in [2.05, 4.69) is 0 Å². The molecule has 0 aliphatic carbocycles. The summed E-state index contributed by atoms with van der Waals surface area (Å²) in [5, 5.41) is 31.1. The first kappa shape index (κ1) is 21.1. The molecule has 10 heteroatoms. The van der Waals surface area contributed by atoms with Crippen molar-refractivity contribution in [3.63, 3.8) is 0 Å². The summed E-state index contributed by atoms with van der Waals surface area (Å²) in [6, 6.07) is 2.32. The standard InChI is InChI=1S/C19H25N3O7/c23-14-2-10-28-16(18(14)25)12-20-4-1-5-21(7-9-22(27)8-6-20)13-17-19(26)15(24)3-11-29-17/h2-3,10-11,25-27H,1,4-9,12-13H2. The smallest absolute Gasteiger partial charge is 0.226 e. The van der Waals surface area contributed by atoms with Crippen LogP contribution in [0.15, 0.2) is 43.1 Å². The number of aromatic hydroxyl groups is 2. The van der Waals surface area contributed by atoms with Crippen LogP contribution in [0.1, 0.15) is 17.9 Å². The molecule has 0 bridgehead atoms. The highest BCUT2D eigenvalue weighted by molar-refractivity contribution is 5.23. The van der Waals surface area contributed by atoms with Crippen molar-refractivity contribution >= 4 is 0 Å². The number of hydrogen-bond donors (Lipinski definition) is 3. The van der Waals surface area contributed by atoms with Crippen molar-refractivity contribution in [1.29, 1.82) is 0 Å². The number of hydrogen-bond acceptors (Lipinski definition) is 10. The average molecular weight is 407 g/mol. The number of rotatable bonds is 4. The highest BCUT2D eigenvalue weighted by Gasteiger charge is 2.19. The largest absolute Gasteiger partial charge is 0.502 e. The van der Waals surface area contributed by atoms with Crippen LogP contribution < -0.4 is 10.9 Å². The van der Waals surface area contributed by atoms with Crippen LogP contribution in [0.4, 0.5) is 0 Å². The summed E-state index contributed by atoms with van der Waals surface area (Å²) in [5.74, 6) is -0.429. The average Bonchev–Trinajstić information content (AvgIpc) is 2.70. The Morgan fingerprint density at radius 2 is 1.21 bits per heavy atom. The van der Waals surface area contributed by atoms with E-state index in [1.165, 1.54) is 17.6 Å². The maximum atomic E-state index is 11.6. The highest BCUT2D eigenvalue weighted by atomic mass is 16.5. The van der Waals surface area contributed by atoms with Gasteiger partial charge in [0.1, 0.15) is 0 Å². The SMILES string of the molecule is O=c1ccoc(CN2CCCN(Cc3occc(=O)c3O)CCN(O)CC2)c1O. The summed E-state index contributed by atoms with van der Waals surface area (Å²) in [5.41, 5.74) is -0.988. The van der Waals surface area contributed by atoms with E-state index in [0.29, 0.717) is 39.3 Å². The Morgan fingerprint density at radius 1 is 0.759 bits per heavy atom. The second-order valence-electron chi connectivity index (χ2n) is 6.97. The summed E-state index contributed by atoms with van der Waals surface area (Å²) in [7, 11) is 0. The summed E-state index contributed by atoms with van der Waals surface area (Å²) in [4.78, 5) is 27.1. The first-order valence-electron chi connectivity index (χ1n) is 9.42. The fourth-order valence-electron chi connectivity index (χ4n) is 3.21. The van der Waals surface area contributed by atoms with Crippen molar-refractivity contribution in [3.05, 3.63) is 56.6 Å². The molecule has 0 spiro atoms. The Balaban J connectivity index is 1.66. The molecule has 0 atom stereocenters. The summed E-state index contributed by atoms with van der Waals surface area (Å²) < 4.78 is 10.5. The zero-order valence-electron chi connectivity index (χ0n) is 16.0. The highest BCUT2D eigenvalue weighted by Crippen LogP contribution is 2.16. The van der Waals surface area contributed by atoms with Crippen LogP contribution in [0.25, 0.3) is 0 Å². The molecule has 0 aromatic carbocycles. The topological polar surface area (TPSA) is 131 Å². The van der Waals surface area contributed by atoms with Crippen LogP contribution in [0.3, 0.4) is 0 Å². The van der Waals surface area contributed by atoms with E-state index < -0.39 is 22.4 Å². The Hall–Kier alpha value is -2.66. The van der Waals surface area contributed by atoms with Crippen molar-refractivity contribution in [2.45, 2.75) is 19.5 Å². The van der Waals surface area contributed by atoms with E-state index in [0.717, 1.165) is 18.6 Å². The van der Waals surface area contributed by atoms with Crippen molar-refractivity contribution in [1.82, 2.24) is 14.9 Å². The van der Waals surface area contributed by atoms with Gasteiger partial charge in [0.25, 0.3) is 0 Å². The van der Waals surface area contributed by atoms with Crippen LogP contribution in [-0.4, -0.2) is 69.6 Å². The molecule has 1 aliphatic rings. The zero-order valence-corrected chi connectivity index (χ0v) is 16.0. The number of hydroxylamine groups is 2. The van der Waals surface area contributed by atoms with Gasteiger partial charge in [-0.15, -0.1) is 0 Å². The molecule has 3 N–H and O–H groups in total. The van der Waals surface area contributed by atoms with Crippen LogP contribution in [0.2, 0.25) is 0 Å². The van der Waals surface area contributed by atoms with E-state index in [1.807, 2.05) is 9.80 Å². The Bertz CT molecular complexity index is 853. The van der Waals surface area contributed by atoms with E-state index in [9.17, 15) is 25.0 Å². The van der Waals surface area contributed by atoms with Crippen molar-refractivity contribution in [2.75, 3.05) is 39.3 Å².